The van der Waals surface area contributed by atoms with Crippen LogP contribution in [0.5, 0.6) is 0 Å². The molecule has 0 bridgehead atoms. The molecule has 1 aromatic carbocycles. The van der Waals surface area contributed by atoms with Crippen LogP contribution in [0.25, 0.3) is 0 Å². The lowest BCUT2D eigenvalue weighted by molar-refractivity contribution is -0.120. The highest BCUT2D eigenvalue weighted by Gasteiger charge is 2.30. The minimum Gasteiger partial charge on any atom is -0.385 e. The van der Waals surface area contributed by atoms with E-state index in [9.17, 15) is 9.59 Å². The molecule has 0 saturated carbocycles. The van der Waals surface area contributed by atoms with Crippen LogP contribution >= 0.6 is 0 Å². The van der Waals surface area contributed by atoms with Gasteiger partial charge >= 0.3 is 0 Å². The second kappa shape index (κ2) is 6.52. The first-order valence-corrected chi connectivity index (χ1v) is 6.85. The van der Waals surface area contributed by atoms with Crippen molar-refractivity contribution in [3.05, 3.63) is 29.8 Å². The van der Waals surface area contributed by atoms with E-state index in [1.165, 1.54) is 0 Å². The maximum atomic E-state index is 12.4. The summed E-state index contributed by atoms with van der Waals surface area (Å²) in [6.45, 7) is 2.99. The summed E-state index contributed by atoms with van der Waals surface area (Å²) in [5, 5.41) is 2.72. The molecule has 0 saturated heterocycles. The summed E-state index contributed by atoms with van der Waals surface area (Å²) in [6.07, 6.45) is 1.73. The number of para-hydroxylation sites is 1. The van der Waals surface area contributed by atoms with Crippen molar-refractivity contribution >= 4 is 17.5 Å². The Kier molecular flexibility index (Phi) is 4.74. The standard InChI is InChI=1S/C15H20N2O3/c1-11-15(19)17(9-5-6-10-20-2)13-8-4-3-7-12(13)14(18)16-11/h3-4,7-8,11H,5-6,9-10H2,1-2H3,(H,16,18). The number of nitrogens with zero attached hydrogens (tertiary/aromatic N) is 1. The second-order valence-corrected chi connectivity index (χ2v) is 4.90. The summed E-state index contributed by atoms with van der Waals surface area (Å²) in [5.74, 6) is -0.262. The molecule has 20 heavy (non-hydrogen) atoms. The molecule has 1 heterocycles. The summed E-state index contributed by atoms with van der Waals surface area (Å²) in [7, 11) is 1.66. The van der Waals surface area contributed by atoms with Crippen molar-refractivity contribution in [1.29, 1.82) is 0 Å². The Morgan fingerprint density at radius 1 is 1.25 bits per heavy atom. The summed E-state index contributed by atoms with van der Waals surface area (Å²) in [6, 6.07) is 6.72. The van der Waals surface area contributed by atoms with Crippen LogP contribution in [-0.2, 0) is 9.53 Å². The van der Waals surface area contributed by atoms with E-state index in [0.29, 0.717) is 24.4 Å². The third-order valence-corrected chi connectivity index (χ3v) is 3.40. The average molecular weight is 276 g/mol. The van der Waals surface area contributed by atoms with Crippen molar-refractivity contribution in [3.63, 3.8) is 0 Å². The van der Waals surface area contributed by atoms with Gasteiger partial charge in [-0.15, -0.1) is 0 Å². The number of fused-ring (bicyclic) bond motifs is 1. The fraction of sp³-hybridized carbons (Fsp3) is 0.467. The van der Waals surface area contributed by atoms with Crippen molar-refractivity contribution in [3.8, 4) is 0 Å². The van der Waals surface area contributed by atoms with Crippen molar-refractivity contribution in [1.82, 2.24) is 5.32 Å². The number of carbonyl (C=O) groups is 2. The first-order valence-electron chi connectivity index (χ1n) is 6.85. The molecular weight excluding hydrogens is 256 g/mol. The molecule has 1 aromatic rings. The van der Waals surface area contributed by atoms with Gasteiger partial charge in [0, 0.05) is 20.3 Å². The zero-order valence-electron chi connectivity index (χ0n) is 11.9. The minimum atomic E-state index is -0.502. The number of ether oxygens (including phenoxy) is 1. The molecule has 2 amide bonds. The number of benzene rings is 1. The Balaban J connectivity index is 2.24. The Morgan fingerprint density at radius 3 is 2.75 bits per heavy atom. The monoisotopic (exact) mass is 276 g/mol. The first-order chi connectivity index (χ1) is 9.65. The van der Waals surface area contributed by atoms with Crippen molar-refractivity contribution in [2.24, 2.45) is 0 Å². The van der Waals surface area contributed by atoms with Crippen LogP contribution in [0.2, 0.25) is 0 Å². The molecule has 1 N–H and O–H groups in total. The number of carbonyl (C=O) groups excluding carboxylic acids is 2. The average Bonchev–Trinajstić information content (AvgIpc) is 2.54. The molecule has 2 rings (SSSR count). The number of amides is 2. The van der Waals surface area contributed by atoms with Crippen molar-refractivity contribution < 1.29 is 14.3 Å². The second-order valence-electron chi connectivity index (χ2n) is 4.90. The van der Waals surface area contributed by atoms with Gasteiger partial charge in [0.1, 0.15) is 6.04 Å². The summed E-state index contributed by atoms with van der Waals surface area (Å²) >= 11 is 0. The molecule has 0 aliphatic carbocycles. The molecule has 108 valence electrons. The highest BCUT2D eigenvalue weighted by Crippen LogP contribution is 2.24. The Labute approximate surface area is 118 Å². The van der Waals surface area contributed by atoms with Gasteiger partial charge in [-0.05, 0) is 31.9 Å². The third kappa shape index (κ3) is 2.99. The zero-order chi connectivity index (χ0) is 14.5. The quantitative estimate of drug-likeness (QED) is 0.831. The normalized spacial score (nSPS) is 18.5. The lowest BCUT2D eigenvalue weighted by Crippen LogP contribution is -2.44. The molecule has 0 radical (unpaired) electrons. The van der Waals surface area contributed by atoms with Crippen LogP contribution in [0.4, 0.5) is 5.69 Å². The van der Waals surface area contributed by atoms with Crippen LogP contribution in [-0.4, -0.2) is 38.1 Å². The van der Waals surface area contributed by atoms with E-state index in [2.05, 4.69) is 5.32 Å². The lowest BCUT2D eigenvalue weighted by atomic mass is 10.1. The van der Waals surface area contributed by atoms with Gasteiger partial charge in [-0.2, -0.15) is 0 Å². The largest absolute Gasteiger partial charge is 0.385 e. The van der Waals surface area contributed by atoms with Crippen LogP contribution < -0.4 is 10.2 Å². The SMILES string of the molecule is COCCCCN1C(=O)C(C)NC(=O)c2ccccc21. The maximum absolute atomic E-state index is 12.4. The highest BCUT2D eigenvalue weighted by molar-refractivity contribution is 6.10. The van der Waals surface area contributed by atoms with E-state index >= 15 is 0 Å². The van der Waals surface area contributed by atoms with Crippen LogP contribution in [0.3, 0.4) is 0 Å². The van der Waals surface area contributed by atoms with E-state index < -0.39 is 6.04 Å². The van der Waals surface area contributed by atoms with E-state index in [1.54, 1.807) is 25.0 Å². The first kappa shape index (κ1) is 14.5. The van der Waals surface area contributed by atoms with Gasteiger partial charge in [-0.25, -0.2) is 0 Å². The molecule has 0 fully saturated rings. The number of unbranched alkanes of at least 4 members (excludes halogenated alkanes) is 1. The number of nitrogens with one attached hydrogen (secondary N) is 1. The number of hydrogen-bond acceptors (Lipinski definition) is 3. The topological polar surface area (TPSA) is 58.6 Å². The molecule has 5 nitrogen and oxygen atoms in total. The Bertz CT molecular complexity index is 502. The Morgan fingerprint density at radius 2 is 2.00 bits per heavy atom. The number of hydrogen-bond donors (Lipinski definition) is 1. The van der Waals surface area contributed by atoms with Gasteiger partial charge in [0.25, 0.3) is 5.91 Å². The molecule has 1 unspecified atom stereocenters. The predicted octanol–water partition coefficient (Wildman–Crippen LogP) is 1.58. The molecule has 1 aliphatic rings. The van der Waals surface area contributed by atoms with Gasteiger partial charge < -0.3 is 15.0 Å². The number of anilines is 1. The molecule has 1 atom stereocenters. The molecule has 0 spiro atoms. The summed E-state index contributed by atoms with van der Waals surface area (Å²) in [5.41, 5.74) is 1.24. The van der Waals surface area contributed by atoms with E-state index in [0.717, 1.165) is 12.8 Å². The number of rotatable bonds is 5. The predicted molar refractivity (Wildman–Crippen MR) is 76.8 cm³/mol. The van der Waals surface area contributed by atoms with Gasteiger partial charge in [0.2, 0.25) is 5.91 Å². The smallest absolute Gasteiger partial charge is 0.254 e. The molecular formula is C15H20N2O3. The Hall–Kier alpha value is -1.88. The van der Waals surface area contributed by atoms with Crippen molar-refractivity contribution in [2.45, 2.75) is 25.8 Å². The number of methoxy groups -OCH3 is 1. The van der Waals surface area contributed by atoms with Crippen LogP contribution in [0, 0.1) is 0 Å². The summed E-state index contributed by atoms with van der Waals surface area (Å²) in [4.78, 5) is 26.2. The van der Waals surface area contributed by atoms with Crippen LogP contribution in [0.15, 0.2) is 24.3 Å². The summed E-state index contributed by atoms with van der Waals surface area (Å²) < 4.78 is 5.02. The van der Waals surface area contributed by atoms with Gasteiger partial charge in [-0.3, -0.25) is 9.59 Å². The molecule has 0 aromatic heterocycles. The lowest BCUT2D eigenvalue weighted by Gasteiger charge is -2.23. The minimum absolute atomic E-state index is 0.0688. The third-order valence-electron chi connectivity index (χ3n) is 3.40. The van der Waals surface area contributed by atoms with Crippen LogP contribution in [0.1, 0.15) is 30.1 Å². The molecule has 1 aliphatic heterocycles. The maximum Gasteiger partial charge on any atom is 0.254 e. The van der Waals surface area contributed by atoms with Crippen molar-refractivity contribution in [2.75, 3.05) is 25.2 Å². The fourth-order valence-corrected chi connectivity index (χ4v) is 2.34. The van der Waals surface area contributed by atoms with Gasteiger partial charge in [0.15, 0.2) is 0 Å². The van der Waals surface area contributed by atoms with Gasteiger partial charge in [0.05, 0.1) is 11.3 Å². The van der Waals surface area contributed by atoms with E-state index in [1.807, 2.05) is 18.2 Å². The zero-order valence-corrected chi connectivity index (χ0v) is 11.9. The molecule has 5 heteroatoms. The van der Waals surface area contributed by atoms with Gasteiger partial charge in [-0.1, -0.05) is 12.1 Å². The highest BCUT2D eigenvalue weighted by atomic mass is 16.5. The fourth-order valence-electron chi connectivity index (χ4n) is 2.34. The van der Waals surface area contributed by atoms with E-state index in [4.69, 9.17) is 4.74 Å². The van der Waals surface area contributed by atoms with E-state index in [-0.39, 0.29) is 11.8 Å².